The normalized spacial score (nSPS) is 17.7. The van der Waals surface area contributed by atoms with Crippen LogP contribution in [-0.4, -0.2) is 54.9 Å². The zero-order chi connectivity index (χ0) is 15.1. The van der Waals surface area contributed by atoms with E-state index in [4.69, 9.17) is 4.74 Å². The van der Waals surface area contributed by atoms with Gasteiger partial charge in [-0.2, -0.15) is 0 Å². The largest absolute Gasteiger partial charge is 0.462 e. The van der Waals surface area contributed by atoms with Gasteiger partial charge in [-0.25, -0.2) is 9.78 Å². The summed E-state index contributed by atoms with van der Waals surface area (Å²) in [5.41, 5.74) is 0.448. The Labute approximate surface area is 125 Å². The quantitative estimate of drug-likeness (QED) is 0.725. The number of pyridine rings is 1. The van der Waals surface area contributed by atoms with Gasteiger partial charge < -0.3 is 20.1 Å². The van der Waals surface area contributed by atoms with E-state index < -0.39 is 0 Å². The number of rotatable bonds is 7. The molecule has 1 aliphatic heterocycles. The molecule has 1 fully saturated rings. The van der Waals surface area contributed by atoms with Crippen molar-refractivity contribution in [2.45, 2.75) is 25.8 Å². The van der Waals surface area contributed by atoms with Crippen molar-refractivity contribution in [1.82, 2.24) is 10.3 Å². The van der Waals surface area contributed by atoms with E-state index in [1.54, 1.807) is 19.1 Å². The number of aliphatic hydroxyl groups is 1. The van der Waals surface area contributed by atoms with Gasteiger partial charge in [0.1, 0.15) is 5.82 Å². The molecular weight excluding hydrogens is 270 g/mol. The smallest absolute Gasteiger partial charge is 0.339 e. The van der Waals surface area contributed by atoms with Crippen LogP contribution >= 0.6 is 0 Å². The highest BCUT2D eigenvalue weighted by molar-refractivity contribution is 5.89. The van der Waals surface area contributed by atoms with Gasteiger partial charge in [0.15, 0.2) is 0 Å². The average molecular weight is 293 g/mol. The van der Waals surface area contributed by atoms with Crippen LogP contribution in [-0.2, 0) is 4.74 Å². The summed E-state index contributed by atoms with van der Waals surface area (Å²) in [6, 6.07) is 3.95. The number of nitrogens with zero attached hydrogens (tertiary/aromatic N) is 2. The van der Waals surface area contributed by atoms with E-state index in [1.807, 2.05) is 4.90 Å². The van der Waals surface area contributed by atoms with Gasteiger partial charge in [0, 0.05) is 25.3 Å². The minimum atomic E-state index is -0.359. The van der Waals surface area contributed by atoms with Crippen LogP contribution in [0.4, 0.5) is 5.82 Å². The van der Waals surface area contributed by atoms with Crippen LogP contribution in [0.15, 0.2) is 18.3 Å². The van der Waals surface area contributed by atoms with Crippen molar-refractivity contribution in [2.24, 2.45) is 0 Å². The number of hydrogen-bond donors (Lipinski definition) is 2. The number of ether oxygens (including phenoxy) is 1. The summed E-state index contributed by atoms with van der Waals surface area (Å²) in [5.74, 6) is 0.411. The Balaban J connectivity index is 2.03. The Kier molecular flexibility index (Phi) is 5.95. The lowest BCUT2D eigenvalue weighted by molar-refractivity contribution is 0.0526. The Morgan fingerprint density at radius 1 is 1.57 bits per heavy atom. The summed E-state index contributed by atoms with van der Waals surface area (Å²) in [6.45, 7) is 4.60. The summed E-state index contributed by atoms with van der Waals surface area (Å²) < 4.78 is 4.94. The maximum absolute atomic E-state index is 11.6. The predicted octanol–water partition coefficient (Wildman–Crippen LogP) is 0.809. The summed E-state index contributed by atoms with van der Waals surface area (Å²) in [6.07, 6.45) is 3.86. The lowest BCUT2D eigenvalue weighted by Gasteiger charge is -2.26. The van der Waals surface area contributed by atoms with Gasteiger partial charge in [-0.05, 0) is 38.4 Å². The molecule has 1 aromatic heterocycles. The van der Waals surface area contributed by atoms with Gasteiger partial charge in [0.2, 0.25) is 0 Å². The second kappa shape index (κ2) is 7.95. The Bertz CT molecular complexity index is 444. The molecule has 0 radical (unpaired) electrons. The second-order valence-corrected chi connectivity index (χ2v) is 5.09. The monoisotopic (exact) mass is 293 g/mol. The molecule has 21 heavy (non-hydrogen) atoms. The molecule has 116 valence electrons. The first-order chi connectivity index (χ1) is 10.2. The van der Waals surface area contributed by atoms with Crippen molar-refractivity contribution >= 4 is 11.8 Å². The van der Waals surface area contributed by atoms with Crippen LogP contribution in [0.2, 0.25) is 0 Å². The van der Waals surface area contributed by atoms with E-state index in [1.165, 1.54) is 12.6 Å². The van der Waals surface area contributed by atoms with Gasteiger partial charge in [-0.15, -0.1) is 0 Å². The third-order valence-electron chi connectivity index (χ3n) is 3.56. The lowest BCUT2D eigenvalue weighted by Crippen LogP contribution is -2.39. The molecule has 1 atom stereocenters. The third kappa shape index (κ3) is 4.41. The standard InChI is InChI=1S/C15H23N3O3/c1-2-21-15(20)12-5-6-14(17-10-12)18(8-9-19)11-13-4-3-7-16-13/h5-6,10,13,16,19H,2-4,7-9,11H2,1H3. The predicted molar refractivity (Wildman–Crippen MR) is 80.5 cm³/mol. The third-order valence-corrected chi connectivity index (χ3v) is 3.56. The highest BCUT2D eigenvalue weighted by atomic mass is 16.5. The minimum Gasteiger partial charge on any atom is -0.462 e. The molecular formula is C15H23N3O3. The number of aromatic nitrogens is 1. The molecule has 0 spiro atoms. The Morgan fingerprint density at radius 3 is 3.00 bits per heavy atom. The molecule has 6 heteroatoms. The van der Waals surface area contributed by atoms with Crippen LogP contribution in [0.5, 0.6) is 0 Å². The Morgan fingerprint density at radius 2 is 2.43 bits per heavy atom. The van der Waals surface area contributed by atoms with Crippen LogP contribution in [0.1, 0.15) is 30.1 Å². The maximum atomic E-state index is 11.6. The summed E-state index contributed by atoms with van der Waals surface area (Å²) in [7, 11) is 0. The molecule has 0 saturated carbocycles. The zero-order valence-electron chi connectivity index (χ0n) is 12.4. The number of aliphatic hydroxyl groups excluding tert-OH is 1. The molecule has 0 aliphatic carbocycles. The molecule has 0 amide bonds. The first-order valence-electron chi connectivity index (χ1n) is 7.47. The Hall–Kier alpha value is -1.66. The highest BCUT2D eigenvalue weighted by Crippen LogP contribution is 2.15. The van der Waals surface area contributed by atoms with Crippen molar-refractivity contribution in [3.8, 4) is 0 Å². The fraction of sp³-hybridized carbons (Fsp3) is 0.600. The maximum Gasteiger partial charge on any atom is 0.339 e. The molecule has 0 aromatic carbocycles. The summed E-state index contributed by atoms with van der Waals surface area (Å²) >= 11 is 0. The van der Waals surface area contributed by atoms with Gasteiger partial charge in [-0.1, -0.05) is 0 Å². The SMILES string of the molecule is CCOC(=O)c1ccc(N(CCO)CC2CCCN2)nc1. The first kappa shape index (κ1) is 15.7. The second-order valence-electron chi connectivity index (χ2n) is 5.09. The van der Waals surface area contributed by atoms with E-state index in [9.17, 15) is 9.90 Å². The summed E-state index contributed by atoms with van der Waals surface area (Å²) in [5, 5.41) is 12.7. The molecule has 1 aliphatic rings. The molecule has 1 saturated heterocycles. The minimum absolute atomic E-state index is 0.0774. The molecule has 2 rings (SSSR count). The van der Waals surface area contributed by atoms with Crippen LogP contribution < -0.4 is 10.2 Å². The van der Waals surface area contributed by atoms with Crippen molar-refractivity contribution in [3.63, 3.8) is 0 Å². The fourth-order valence-electron chi connectivity index (χ4n) is 2.51. The molecule has 1 unspecified atom stereocenters. The van der Waals surface area contributed by atoms with Crippen LogP contribution in [0, 0.1) is 0 Å². The number of nitrogens with one attached hydrogen (secondary N) is 1. The van der Waals surface area contributed by atoms with E-state index in [0.29, 0.717) is 24.8 Å². The fourth-order valence-corrected chi connectivity index (χ4v) is 2.51. The first-order valence-corrected chi connectivity index (χ1v) is 7.47. The van der Waals surface area contributed by atoms with E-state index in [0.717, 1.165) is 25.3 Å². The van der Waals surface area contributed by atoms with E-state index in [-0.39, 0.29) is 12.6 Å². The van der Waals surface area contributed by atoms with Crippen LogP contribution in [0.25, 0.3) is 0 Å². The van der Waals surface area contributed by atoms with Gasteiger partial charge >= 0.3 is 5.97 Å². The summed E-state index contributed by atoms with van der Waals surface area (Å²) in [4.78, 5) is 18.0. The molecule has 6 nitrogen and oxygen atoms in total. The number of anilines is 1. The van der Waals surface area contributed by atoms with E-state index in [2.05, 4.69) is 10.3 Å². The topological polar surface area (TPSA) is 74.7 Å². The van der Waals surface area contributed by atoms with Gasteiger partial charge in [0.25, 0.3) is 0 Å². The average Bonchev–Trinajstić information content (AvgIpc) is 3.00. The van der Waals surface area contributed by atoms with Crippen molar-refractivity contribution in [3.05, 3.63) is 23.9 Å². The van der Waals surface area contributed by atoms with Crippen LogP contribution in [0.3, 0.4) is 0 Å². The zero-order valence-corrected chi connectivity index (χ0v) is 12.4. The number of hydrogen-bond acceptors (Lipinski definition) is 6. The molecule has 2 N–H and O–H groups in total. The number of carbonyl (C=O) groups is 1. The van der Waals surface area contributed by atoms with Crippen molar-refractivity contribution in [2.75, 3.05) is 37.7 Å². The molecule has 2 heterocycles. The van der Waals surface area contributed by atoms with E-state index >= 15 is 0 Å². The highest BCUT2D eigenvalue weighted by Gasteiger charge is 2.19. The van der Waals surface area contributed by atoms with Crippen molar-refractivity contribution in [1.29, 1.82) is 0 Å². The van der Waals surface area contributed by atoms with Crippen molar-refractivity contribution < 1.29 is 14.6 Å². The number of esters is 1. The lowest BCUT2D eigenvalue weighted by atomic mass is 10.2. The van der Waals surface area contributed by atoms with Gasteiger partial charge in [0.05, 0.1) is 18.8 Å². The van der Waals surface area contributed by atoms with Gasteiger partial charge in [-0.3, -0.25) is 0 Å². The molecule has 1 aromatic rings. The molecule has 0 bridgehead atoms. The number of carbonyl (C=O) groups excluding carboxylic acids is 1.